The van der Waals surface area contributed by atoms with Crippen LogP contribution in [0.5, 0.6) is 0 Å². The summed E-state index contributed by atoms with van der Waals surface area (Å²) in [5.41, 5.74) is 0.927. The summed E-state index contributed by atoms with van der Waals surface area (Å²) >= 11 is 0. The van der Waals surface area contributed by atoms with Gasteiger partial charge in [-0.1, -0.05) is 12.1 Å². The van der Waals surface area contributed by atoms with E-state index in [1.54, 1.807) is 0 Å². The summed E-state index contributed by atoms with van der Waals surface area (Å²) in [5.74, 6) is -1.97. The van der Waals surface area contributed by atoms with Crippen molar-refractivity contribution in [3.8, 4) is 0 Å². The van der Waals surface area contributed by atoms with Gasteiger partial charge in [0.1, 0.15) is 5.82 Å². The third-order valence-electron chi connectivity index (χ3n) is 3.53. The minimum absolute atomic E-state index is 0.0105. The largest absolute Gasteiger partial charge is 0.300 e. The highest BCUT2D eigenvalue weighted by atomic mass is 32.2. The molecule has 1 heterocycles. The van der Waals surface area contributed by atoms with Crippen LogP contribution in [0.2, 0.25) is 0 Å². The second-order valence-corrected chi connectivity index (χ2v) is 6.63. The molecule has 2 aromatic carbocycles. The van der Waals surface area contributed by atoms with Gasteiger partial charge in [0, 0.05) is 0 Å². The van der Waals surface area contributed by atoms with Crippen molar-refractivity contribution < 1.29 is 22.4 Å². The molecule has 1 aliphatic rings. The van der Waals surface area contributed by atoms with Crippen LogP contribution in [0.4, 0.5) is 10.1 Å². The molecule has 6 nitrogen and oxygen atoms in total. The summed E-state index contributed by atoms with van der Waals surface area (Å²) in [4.78, 5) is 25.1. The minimum Gasteiger partial charge on any atom is -0.300 e. The van der Waals surface area contributed by atoms with Crippen molar-refractivity contribution in [3.05, 3.63) is 59.4 Å². The number of rotatable bonds is 3. The molecule has 2 aromatic rings. The Morgan fingerprint density at radius 2 is 1.70 bits per heavy atom. The zero-order valence-electron chi connectivity index (χ0n) is 11.7. The molecule has 0 fully saturated rings. The van der Waals surface area contributed by atoms with Crippen molar-refractivity contribution in [1.82, 2.24) is 0 Å². The molecule has 1 amide bonds. The third-order valence-corrected chi connectivity index (χ3v) is 4.44. The van der Waals surface area contributed by atoms with E-state index in [0.29, 0.717) is 11.3 Å². The molecule has 0 atom stereocenters. The van der Waals surface area contributed by atoms with Crippen molar-refractivity contribution in [2.24, 2.45) is 5.14 Å². The smallest absolute Gasteiger partial charge is 0.299 e. The molecular formula is C15H11FN2O4S. The van der Waals surface area contributed by atoms with Crippen LogP contribution in [0.15, 0.2) is 47.4 Å². The summed E-state index contributed by atoms with van der Waals surface area (Å²) in [7, 11) is -3.97. The van der Waals surface area contributed by atoms with Crippen LogP contribution < -0.4 is 10.0 Å². The number of ketones is 1. The van der Waals surface area contributed by atoms with E-state index in [1.807, 2.05) is 0 Å². The second-order valence-electron chi connectivity index (χ2n) is 5.07. The fraction of sp³-hybridized carbons (Fsp3) is 0.0667. The number of nitrogens with zero attached hydrogens (tertiary/aromatic N) is 1. The van der Waals surface area contributed by atoms with Gasteiger partial charge in [0.25, 0.3) is 11.7 Å². The fourth-order valence-electron chi connectivity index (χ4n) is 2.39. The average Bonchev–Trinajstić information content (AvgIpc) is 2.73. The van der Waals surface area contributed by atoms with Gasteiger partial charge in [-0.3, -0.25) is 9.59 Å². The number of hydrogen-bond acceptors (Lipinski definition) is 4. The Hall–Kier alpha value is -2.58. The Morgan fingerprint density at radius 3 is 2.30 bits per heavy atom. The molecule has 0 bridgehead atoms. The van der Waals surface area contributed by atoms with Crippen LogP contribution in [0.3, 0.4) is 0 Å². The van der Waals surface area contributed by atoms with E-state index in [-0.39, 0.29) is 17.0 Å². The lowest BCUT2D eigenvalue weighted by atomic mass is 10.1. The van der Waals surface area contributed by atoms with Gasteiger partial charge < -0.3 is 4.90 Å². The van der Waals surface area contributed by atoms with Crippen LogP contribution in [-0.2, 0) is 21.4 Å². The summed E-state index contributed by atoms with van der Waals surface area (Å²) in [6.07, 6.45) is 0. The lowest BCUT2D eigenvalue weighted by Gasteiger charge is -2.16. The SMILES string of the molecule is NS(=O)(=O)c1ccc2c(c1)C(=O)C(=O)N2Cc1ccc(F)cc1. The number of fused-ring (bicyclic) bond motifs is 1. The molecule has 23 heavy (non-hydrogen) atoms. The number of halogens is 1. The first-order valence-electron chi connectivity index (χ1n) is 6.55. The second kappa shape index (κ2) is 5.25. The summed E-state index contributed by atoms with van der Waals surface area (Å²) in [6.45, 7) is 0.0760. The first kappa shape index (κ1) is 15.3. The number of hydrogen-bond donors (Lipinski definition) is 1. The van der Waals surface area contributed by atoms with E-state index >= 15 is 0 Å². The van der Waals surface area contributed by atoms with E-state index in [1.165, 1.54) is 41.3 Å². The molecule has 3 rings (SSSR count). The predicted octanol–water partition coefficient (Wildman–Crippen LogP) is 1.20. The molecule has 0 aliphatic carbocycles. The number of amides is 1. The van der Waals surface area contributed by atoms with Crippen molar-refractivity contribution in [1.29, 1.82) is 0 Å². The van der Waals surface area contributed by atoms with E-state index in [4.69, 9.17) is 5.14 Å². The lowest BCUT2D eigenvalue weighted by Crippen LogP contribution is -2.29. The van der Waals surface area contributed by atoms with Crippen molar-refractivity contribution >= 4 is 27.4 Å². The normalized spacial score (nSPS) is 14.3. The molecule has 0 radical (unpaired) electrons. The number of sulfonamides is 1. The highest BCUT2D eigenvalue weighted by molar-refractivity contribution is 7.89. The van der Waals surface area contributed by atoms with Gasteiger partial charge in [-0.25, -0.2) is 17.9 Å². The minimum atomic E-state index is -3.97. The number of anilines is 1. The quantitative estimate of drug-likeness (QED) is 0.853. The maximum absolute atomic E-state index is 12.9. The number of nitrogens with two attached hydrogens (primary N) is 1. The number of carbonyl (C=O) groups is 2. The maximum Gasteiger partial charge on any atom is 0.299 e. The van der Waals surface area contributed by atoms with E-state index in [0.717, 1.165) is 6.07 Å². The number of carbonyl (C=O) groups excluding carboxylic acids is 2. The summed E-state index contributed by atoms with van der Waals surface area (Å²) in [5, 5.41) is 5.03. The van der Waals surface area contributed by atoms with Gasteiger partial charge in [-0.15, -0.1) is 0 Å². The molecule has 118 valence electrons. The molecule has 0 saturated carbocycles. The van der Waals surface area contributed by atoms with Crippen molar-refractivity contribution in [2.75, 3.05) is 4.90 Å². The molecule has 8 heteroatoms. The Balaban J connectivity index is 2.01. The van der Waals surface area contributed by atoms with Gasteiger partial charge in [-0.2, -0.15) is 0 Å². The highest BCUT2D eigenvalue weighted by Gasteiger charge is 2.36. The molecule has 0 spiro atoms. The number of Topliss-reactive ketones (excluding diaryl/α,β-unsaturated/α-hetero) is 1. The molecular weight excluding hydrogens is 323 g/mol. The average molecular weight is 334 g/mol. The van der Waals surface area contributed by atoms with Crippen LogP contribution >= 0.6 is 0 Å². The van der Waals surface area contributed by atoms with Crippen molar-refractivity contribution in [2.45, 2.75) is 11.4 Å². The monoisotopic (exact) mass is 334 g/mol. The molecule has 0 unspecified atom stereocenters. The van der Waals surface area contributed by atoms with E-state index < -0.39 is 27.5 Å². The fourth-order valence-corrected chi connectivity index (χ4v) is 2.93. The van der Waals surface area contributed by atoms with Gasteiger partial charge in [0.15, 0.2) is 0 Å². The third kappa shape index (κ3) is 2.73. The highest BCUT2D eigenvalue weighted by Crippen LogP contribution is 2.32. The molecule has 2 N–H and O–H groups in total. The number of benzene rings is 2. The first-order valence-corrected chi connectivity index (χ1v) is 8.09. The van der Waals surface area contributed by atoms with Crippen LogP contribution in [-0.4, -0.2) is 20.1 Å². The first-order chi connectivity index (χ1) is 10.8. The predicted molar refractivity (Wildman–Crippen MR) is 79.7 cm³/mol. The molecule has 0 aromatic heterocycles. The lowest BCUT2D eigenvalue weighted by molar-refractivity contribution is -0.114. The van der Waals surface area contributed by atoms with Crippen LogP contribution in [0, 0.1) is 5.82 Å². The van der Waals surface area contributed by atoms with E-state index in [2.05, 4.69) is 0 Å². The van der Waals surface area contributed by atoms with Crippen molar-refractivity contribution in [3.63, 3.8) is 0 Å². The number of primary sulfonamides is 1. The van der Waals surface area contributed by atoms with Gasteiger partial charge in [0.05, 0.1) is 22.7 Å². The van der Waals surface area contributed by atoms with Crippen LogP contribution in [0.1, 0.15) is 15.9 Å². The Kier molecular flexibility index (Phi) is 3.50. The maximum atomic E-state index is 12.9. The van der Waals surface area contributed by atoms with Gasteiger partial charge in [0.2, 0.25) is 10.0 Å². The molecule has 1 aliphatic heterocycles. The van der Waals surface area contributed by atoms with Gasteiger partial charge >= 0.3 is 0 Å². The summed E-state index contributed by atoms with van der Waals surface area (Å²) < 4.78 is 35.6. The summed E-state index contributed by atoms with van der Waals surface area (Å²) in [6, 6.07) is 9.20. The van der Waals surface area contributed by atoms with Gasteiger partial charge in [-0.05, 0) is 35.9 Å². The molecule has 0 saturated heterocycles. The standard InChI is InChI=1S/C15H11FN2O4S/c16-10-3-1-9(2-4-10)8-18-13-6-5-11(23(17,21)22)7-12(13)14(19)15(18)20/h1-7H,8H2,(H2,17,21,22). The van der Waals surface area contributed by atoms with E-state index in [9.17, 15) is 22.4 Å². The zero-order chi connectivity index (χ0) is 16.8. The topological polar surface area (TPSA) is 97.5 Å². The Morgan fingerprint density at radius 1 is 1.04 bits per heavy atom. The van der Waals surface area contributed by atoms with Crippen LogP contribution in [0.25, 0.3) is 0 Å². The Bertz CT molecular complexity index is 923. The zero-order valence-corrected chi connectivity index (χ0v) is 12.5. The Labute approximate surface area is 131 Å².